The van der Waals surface area contributed by atoms with Gasteiger partial charge in [0, 0.05) is 12.6 Å². The molecule has 1 aliphatic rings. The van der Waals surface area contributed by atoms with E-state index in [-0.39, 0.29) is 37.0 Å². The minimum Gasteiger partial charge on any atom is -0.370 e. The number of rotatable bonds is 3. The third-order valence-electron chi connectivity index (χ3n) is 3.96. The Balaban J connectivity index is 1.93. The Morgan fingerprint density at radius 1 is 1.26 bits per heavy atom. The van der Waals surface area contributed by atoms with Crippen LogP contribution in [0.1, 0.15) is 25.7 Å². The number of anilines is 1. The summed E-state index contributed by atoms with van der Waals surface area (Å²) in [5.74, 6) is -3.00. The van der Waals surface area contributed by atoms with E-state index in [2.05, 4.69) is 10.3 Å². The van der Waals surface area contributed by atoms with Crippen LogP contribution >= 0.6 is 0 Å². The van der Waals surface area contributed by atoms with Gasteiger partial charge in [0.25, 0.3) is 0 Å². The van der Waals surface area contributed by atoms with Crippen molar-refractivity contribution in [2.24, 2.45) is 22.6 Å². The monoisotopic (exact) mass is 335 g/mol. The molecule has 0 aliphatic heterocycles. The number of hydrogen-bond acceptors (Lipinski definition) is 1. The van der Waals surface area contributed by atoms with E-state index in [1.54, 1.807) is 0 Å². The number of alkyl halides is 3. The fraction of sp³-hybridized carbons (Fsp3) is 0.533. The number of guanidine groups is 1. The van der Waals surface area contributed by atoms with Crippen molar-refractivity contribution in [1.82, 2.24) is 0 Å². The van der Waals surface area contributed by atoms with Gasteiger partial charge in [0.1, 0.15) is 11.6 Å². The minimum atomic E-state index is -4.18. The van der Waals surface area contributed by atoms with E-state index < -0.39 is 23.7 Å². The summed E-state index contributed by atoms with van der Waals surface area (Å²) in [6, 6.07) is 2.84. The zero-order valence-corrected chi connectivity index (χ0v) is 12.3. The Hall–Kier alpha value is -1.86. The second kappa shape index (κ2) is 7.14. The zero-order valence-electron chi connectivity index (χ0n) is 12.3. The number of aliphatic imine (C=N–C) groups is 1. The normalized spacial score (nSPS) is 22.9. The van der Waals surface area contributed by atoms with Gasteiger partial charge in [-0.05, 0) is 37.3 Å². The third kappa shape index (κ3) is 5.07. The lowest BCUT2D eigenvalue weighted by Crippen LogP contribution is -2.30. The summed E-state index contributed by atoms with van der Waals surface area (Å²) >= 11 is 0. The van der Waals surface area contributed by atoms with E-state index in [0.29, 0.717) is 12.8 Å². The number of benzene rings is 1. The maximum absolute atomic E-state index is 13.4. The van der Waals surface area contributed by atoms with Crippen LogP contribution in [0.3, 0.4) is 0 Å². The number of nitrogens with one attached hydrogen (secondary N) is 1. The molecule has 0 bridgehead atoms. The number of nitrogens with two attached hydrogens (primary N) is 1. The topological polar surface area (TPSA) is 50.4 Å². The van der Waals surface area contributed by atoms with Crippen LogP contribution < -0.4 is 11.1 Å². The highest BCUT2D eigenvalue weighted by Crippen LogP contribution is 2.39. The van der Waals surface area contributed by atoms with Crippen LogP contribution in [0.4, 0.5) is 27.6 Å². The molecule has 1 aromatic carbocycles. The van der Waals surface area contributed by atoms with Gasteiger partial charge < -0.3 is 11.1 Å². The average Bonchev–Trinajstić information content (AvgIpc) is 2.48. The summed E-state index contributed by atoms with van der Waals surface area (Å²) in [4.78, 5) is 3.96. The molecule has 0 amide bonds. The third-order valence-corrected chi connectivity index (χ3v) is 3.96. The molecule has 8 heteroatoms. The molecule has 0 heterocycles. The van der Waals surface area contributed by atoms with Crippen LogP contribution in [0.25, 0.3) is 0 Å². The summed E-state index contributed by atoms with van der Waals surface area (Å²) in [5, 5.41) is 2.42. The first-order valence-corrected chi connectivity index (χ1v) is 7.34. The SMILES string of the molecule is NC(=NCC1CCCC(C(F)(F)F)C1)Nc1cc(F)ccc1F. The molecule has 1 saturated carbocycles. The Bertz CT molecular complexity index is 571. The van der Waals surface area contributed by atoms with Gasteiger partial charge in [-0.3, -0.25) is 4.99 Å². The van der Waals surface area contributed by atoms with Crippen LogP contribution in [0.5, 0.6) is 0 Å². The molecule has 1 fully saturated rings. The van der Waals surface area contributed by atoms with E-state index >= 15 is 0 Å². The summed E-state index contributed by atoms with van der Waals surface area (Å²) < 4.78 is 64.7. The first-order chi connectivity index (χ1) is 10.8. The molecule has 23 heavy (non-hydrogen) atoms. The summed E-state index contributed by atoms with van der Waals surface area (Å²) in [5.41, 5.74) is 5.43. The van der Waals surface area contributed by atoms with Crippen molar-refractivity contribution in [2.75, 3.05) is 11.9 Å². The lowest BCUT2D eigenvalue weighted by Gasteiger charge is -2.29. The first-order valence-electron chi connectivity index (χ1n) is 7.34. The summed E-state index contributed by atoms with van der Waals surface area (Å²) in [7, 11) is 0. The van der Waals surface area contributed by atoms with Gasteiger partial charge in [-0.1, -0.05) is 6.42 Å². The minimum absolute atomic E-state index is 0.0224. The fourth-order valence-electron chi connectivity index (χ4n) is 2.75. The predicted octanol–water partition coefficient (Wildman–Crippen LogP) is 4.06. The van der Waals surface area contributed by atoms with Gasteiger partial charge in [-0.15, -0.1) is 0 Å². The van der Waals surface area contributed by atoms with Gasteiger partial charge in [0.2, 0.25) is 0 Å². The van der Waals surface area contributed by atoms with Crippen LogP contribution in [0.2, 0.25) is 0 Å². The van der Waals surface area contributed by atoms with Gasteiger partial charge in [0.15, 0.2) is 5.96 Å². The predicted molar refractivity (Wildman–Crippen MR) is 78.0 cm³/mol. The van der Waals surface area contributed by atoms with Gasteiger partial charge >= 0.3 is 6.18 Å². The van der Waals surface area contributed by atoms with Gasteiger partial charge in [-0.25, -0.2) is 8.78 Å². The zero-order chi connectivity index (χ0) is 17.0. The summed E-state index contributed by atoms with van der Waals surface area (Å²) in [6.07, 6.45) is -2.87. The van der Waals surface area contributed by atoms with Crippen molar-refractivity contribution in [3.8, 4) is 0 Å². The smallest absolute Gasteiger partial charge is 0.370 e. The van der Waals surface area contributed by atoms with Crippen molar-refractivity contribution in [1.29, 1.82) is 0 Å². The molecule has 2 unspecified atom stereocenters. The molecule has 1 aromatic rings. The second-order valence-corrected chi connectivity index (χ2v) is 5.75. The maximum Gasteiger partial charge on any atom is 0.391 e. The van der Waals surface area contributed by atoms with Gasteiger partial charge in [0.05, 0.1) is 11.6 Å². The van der Waals surface area contributed by atoms with Crippen molar-refractivity contribution in [2.45, 2.75) is 31.9 Å². The highest BCUT2D eigenvalue weighted by atomic mass is 19.4. The van der Waals surface area contributed by atoms with Crippen LogP contribution in [0, 0.1) is 23.5 Å². The highest BCUT2D eigenvalue weighted by Gasteiger charge is 2.41. The van der Waals surface area contributed by atoms with Crippen molar-refractivity contribution < 1.29 is 22.0 Å². The van der Waals surface area contributed by atoms with E-state index in [9.17, 15) is 22.0 Å². The Morgan fingerprint density at radius 3 is 2.70 bits per heavy atom. The second-order valence-electron chi connectivity index (χ2n) is 5.75. The van der Waals surface area contributed by atoms with Crippen molar-refractivity contribution >= 4 is 11.6 Å². The van der Waals surface area contributed by atoms with E-state index in [4.69, 9.17) is 5.73 Å². The largest absolute Gasteiger partial charge is 0.391 e. The molecule has 128 valence electrons. The van der Waals surface area contributed by atoms with Crippen LogP contribution in [0.15, 0.2) is 23.2 Å². The quantitative estimate of drug-likeness (QED) is 0.497. The molecular formula is C15H18F5N3. The average molecular weight is 335 g/mol. The lowest BCUT2D eigenvalue weighted by atomic mass is 9.81. The number of halogens is 5. The van der Waals surface area contributed by atoms with Crippen molar-refractivity contribution in [3.05, 3.63) is 29.8 Å². The Labute approximate surface area is 130 Å². The Morgan fingerprint density at radius 2 is 2.00 bits per heavy atom. The molecule has 0 saturated heterocycles. The molecule has 3 nitrogen and oxygen atoms in total. The van der Waals surface area contributed by atoms with Gasteiger partial charge in [-0.2, -0.15) is 13.2 Å². The number of hydrogen-bond donors (Lipinski definition) is 2. The fourth-order valence-corrected chi connectivity index (χ4v) is 2.75. The summed E-state index contributed by atoms with van der Waals surface area (Å²) in [6.45, 7) is 0.127. The van der Waals surface area contributed by atoms with E-state index in [1.165, 1.54) is 0 Å². The van der Waals surface area contributed by atoms with E-state index in [1.807, 2.05) is 0 Å². The lowest BCUT2D eigenvalue weighted by molar-refractivity contribution is -0.185. The molecule has 2 rings (SSSR count). The molecule has 3 N–H and O–H groups in total. The molecule has 0 radical (unpaired) electrons. The molecule has 2 atom stereocenters. The first kappa shape index (κ1) is 17.5. The molecule has 0 aromatic heterocycles. The van der Waals surface area contributed by atoms with Crippen LogP contribution in [-0.2, 0) is 0 Å². The molecule has 1 aliphatic carbocycles. The van der Waals surface area contributed by atoms with Crippen LogP contribution in [-0.4, -0.2) is 18.7 Å². The number of nitrogens with zero attached hydrogens (tertiary/aromatic N) is 1. The standard InChI is InChI=1S/C15H18F5N3/c16-11-4-5-12(17)13(7-11)23-14(21)22-8-9-2-1-3-10(6-9)15(18,19)20/h4-5,7,9-10H,1-3,6,8H2,(H3,21,22,23). The van der Waals surface area contributed by atoms with E-state index in [0.717, 1.165) is 18.2 Å². The Kier molecular flexibility index (Phi) is 5.43. The maximum atomic E-state index is 13.4. The highest BCUT2D eigenvalue weighted by molar-refractivity contribution is 5.92. The van der Waals surface area contributed by atoms with Crippen molar-refractivity contribution in [3.63, 3.8) is 0 Å². The molecule has 0 spiro atoms. The molecular weight excluding hydrogens is 317 g/mol.